The molecule has 2 aromatic rings. The first-order valence-electron chi connectivity index (χ1n) is 8.99. The van der Waals surface area contributed by atoms with Crippen molar-refractivity contribution in [1.82, 2.24) is 14.9 Å². The number of pyridine rings is 1. The van der Waals surface area contributed by atoms with E-state index in [2.05, 4.69) is 46.2 Å². The molecule has 1 saturated heterocycles. The van der Waals surface area contributed by atoms with Crippen LogP contribution in [0, 0.1) is 0 Å². The number of para-hydroxylation sites is 1. The third-order valence-corrected chi connectivity index (χ3v) is 5.69. The molecule has 0 N–H and O–H groups in total. The maximum absolute atomic E-state index is 6.59. The molecule has 0 amide bonds. The number of benzene rings is 1. The van der Waals surface area contributed by atoms with Gasteiger partial charge in [0.15, 0.2) is 0 Å². The van der Waals surface area contributed by atoms with Crippen LogP contribution in [0.5, 0.6) is 5.75 Å². The number of nitrogens with zero attached hydrogens (tertiary/aromatic N) is 4. The van der Waals surface area contributed by atoms with E-state index in [1.54, 1.807) is 0 Å². The smallest absolute Gasteiger partial charge is 0.200 e. The molecule has 0 aliphatic carbocycles. The summed E-state index contributed by atoms with van der Waals surface area (Å²) in [5.41, 5.74) is 3.22. The molecule has 1 spiro atoms. The van der Waals surface area contributed by atoms with Gasteiger partial charge in [-0.1, -0.05) is 18.2 Å². The molecule has 5 heteroatoms. The van der Waals surface area contributed by atoms with Crippen molar-refractivity contribution in [3.63, 3.8) is 0 Å². The SMILES string of the molecule is CN1CCC2(CC1)Oc1ccccc1[C@@H]1CC(c3ccncc3)=NN12. The highest BCUT2D eigenvalue weighted by molar-refractivity contribution is 6.01. The minimum Gasteiger partial charge on any atom is -0.466 e. The van der Waals surface area contributed by atoms with Crippen LogP contribution in [0.15, 0.2) is 53.9 Å². The van der Waals surface area contributed by atoms with Crippen LogP contribution >= 0.6 is 0 Å². The number of rotatable bonds is 1. The van der Waals surface area contributed by atoms with Gasteiger partial charge in [-0.25, -0.2) is 5.01 Å². The predicted molar refractivity (Wildman–Crippen MR) is 96.5 cm³/mol. The van der Waals surface area contributed by atoms with Crippen LogP contribution in [0.25, 0.3) is 0 Å². The second-order valence-corrected chi connectivity index (χ2v) is 7.24. The molecule has 0 bridgehead atoms. The molecule has 128 valence electrons. The maximum atomic E-state index is 6.59. The first-order chi connectivity index (χ1) is 12.3. The van der Waals surface area contributed by atoms with Crippen molar-refractivity contribution in [2.75, 3.05) is 20.1 Å². The molecule has 3 aliphatic heterocycles. The standard InChI is InChI=1S/C20H22N4O/c1-23-12-8-20(9-13-23)24-18(16-4-2-3-5-19(16)25-20)14-17(22-24)15-6-10-21-11-7-15/h2-7,10-11,18H,8-9,12-14H2,1H3/t18-/m0/s1. The van der Waals surface area contributed by atoms with Crippen LogP contribution < -0.4 is 4.74 Å². The predicted octanol–water partition coefficient (Wildman–Crippen LogP) is 3.05. The molecule has 1 atom stereocenters. The van der Waals surface area contributed by atoms with Crippen molar-refractivity contribution in [3.8, 4) is 5.75 Å². The lowest BCUT2D eigenvalue weighted by Crippen LogP contribution is -2.58. The summed E-state index contributed by atoms with van der Waals surface area (Å²) in [5, 5.41) is 7.32. The Labute approximate surface area is 147 Å². The number of aromatic nitrogens is 1. The lowest BCUT2D eigenvalue weighted by molar-refractivity contribution is -0.147. The van der Waals surface area contributed by atoms with Gasteiger partial charge < -0.3 is 9.64 Å². The number of likely N-dealkylation sites (tertiary alicyclic amines) is 1. The van der Waals surface area contributed by atoms with Gasteiger partial charge in [0.25, 0.3) is 0 Å². The van der Waals surface area contributed by atoms with E-state index in [1.165, 1.54) is 5.56 Å². The van der Waals surface area contributed by atoms with Crippen molar-refractivity contribution < 1.29 is 4.74 Å². The van der Waals surface area contributed by atoms with E-state index in [0.717, 1.165) is 49.4 Å². The highest BCUT2D eigenvalue weighted by Gasteiger charge is 2.51. The molecule has 0 radical (unpaired) electrons. The molecule has 1 fully saturated rings. The van der Waals surface area contributed by atoms with Crippen LogP contribution in [0.1, 0.15) is 36.4 Å². The largest absolute Gasteiger partial charge is 0.466 e. The lowest BCUT2D eigenvalue weighted by Gasteiger charge is -2.50. The number of piperidine rings is 1. The third kappa shape index (κ3) is 2.34. The van der Waals surface area contributed by atoms with E-state index in [0.29, 0.717) is 0 Å². The summed E-state index contributed by atoms with van der Waals surface area (Å²) in [6, 6.07) is 12.8. The molecule has 25 heavy (non-hydrogen) atoms. The van der Waals surface area contributed by atoms with E-state index < -0.39 is 0 Å². The van der Waals surface area contributed by atoms with Crippen molar-refractivity contribution in [3.05, 3.63) is 59.9 Å². The van der Waals surface area contributed by atoms with Gasteiger partial charge >= 0.3 is 0 Å². The fourth-order valence-corrected chi connectivity index (χ4v) is 4.25. The van der Waals surface area contributed by atoms with Crippen LogP contribution in [0.2, 0.25) is 0 Å². The first kappa shape index (κ1) is 14.9. The quantitative estimate of drug-likeness (QED) is 0.804. The van der Waals surface area contributed by atoms with Crippen molar-refractivity contribution >= 4 is 5.71 Å². The number of hydrogen-bond acceptors (Lipinski definition) is 5. The second kappa shape index (κ2) is 5.56. The number of hydrazone groups is 1. The van der Waals surface area contributed by atoms with Crippen molar-refractivity contribution in [2.45, 2.75) is 31.0 Å². The zero-order valence-electron chi connectivity index (χ0n) is 14.4. The number of hydrogen-bond donors (Lipinski definition) is 0. The average molecular weight is 334 g/mol. The molecular weight excluding hydrogens is 312 g/mol. The monoisotopic (exact) mass is 334 g/mol. The van der Waals surface area contributed by atoms with Gasteiger partial charge in [0.1, 0.15) is 5.75 Å². The Bertz CT molecular complexity index is 811. The Kier molecular flexibility index (Phi) is 3.31. The molecule has 5 nitrogen and oxygen atoms in total. The Balaban J connectivity index is 1.59. The fraction of sp³-hybridized carbons (Fsp3) is 0.400. The molecule has 0 unspecified atom stereocenters. The molecule has 3 aliphatic rings. The fourth-order valence-electron chi connectivity index (χ4n) is 4.25. The highest BCUT2D eigenvalue weighted by Crippen LogP contribution is 2.49. The summed E-state index contributed by atoms with van der Waals surface area (Å²) in [6.45, 7) is 2.07. The zero-order valence-corrected chi connectivity index (χ0v) is 14.4. The Morgan fingerprint density at radius 2 is 1.84 bits per heavy atom. The Morgan fingerprint density at radius 1 is 1.08 bits per heavy atom. The van der Waals surface area contributed by atoms with Crippen LogP contribution in [0.4, 0.5) is 0 Å². The summed E-state index contributed by atoms with van der Waals surface area (Å²) >= 11 is 0. The minimum absolute atomic E-state index is 0.261. The zero-order chi connectivity index (χ0) is 16.9. The van der Waals surface area contributed by atoms with E-state index in [1.807, 2.05) is 24.5 Å². The molecule has 5 rings (SSSR count). The van der Waals surface area contributed by atoms with Gasteiger partial charge in [0.2, 0.25) is 5.72 Å². The summed E-state index contributed by atoms with van der Waals surface area (Å²) in [6.07, 6.45) is 6.54. The van der Waals surface area contributed by atoms with Gasteiger partial charge in [-0.05, 0) is 25.2 Å². The van der Waals surface area contributed by atoms with Gasteiger partial charge in [-0.15, -0.1) is 0 Å². The molecule has 0 saturated carbocycles. The highest BCUT2D eigenvalue weighted by atomic mass is 16.5. The minimum atomic E-state index is -0.319. The van der Waals surface area contributed by atoms with Crippen molar-refractivity contribution in [2.24, 2.45) is 5.10 Å². The first-order valence-corrected chi connectivity index (χ1v) is 8.99. The summed E-state index contributed by atoms with van der Waals surface area (Å²) in [7, 11) is 2.18. The third-order valence-electron chi connectivity index (χ3n) is 5.69. The lowest BCUT2D eigenvalue weighted by atomic mass is 9.91. The van der Waals surface area contributed by atoms with E-state index in [-0.39, 0.29) is 11.8 Å². The Morgan fingerprint density at radius 3 is 2.64 bits per heavy atom. The van der Waals surface area contributed by atoms with Gasteiger partial charge in [0, 0.05) is 55.9 Å². The normalized spacial score (nSPS) is 24.4. The van der Waals surface area contributed by atoms with E-state index in [4.69, 9.17) is 9.84 Å². The topological polar surface area (TPSA) is 41.0 Å². The Hall–Kier alpha value is -2.40. The van der Waals surface area contributed by atoms with Gasteiger partial charge in [0.05, 0.1) is 11.8 Å². The molecular formula is C20H22N4O. The molecule has 4 heterocycles. The number of fused-ring (bicyclic) bond motifs is 4. The van der Waals surface area contributed by atoms with E-state index >= 15 is 0 Å². The van der Waals surface area contributed by atoms with Crippen LogP contribution in [-0.4, -0.2) is 46.5 Å². The summed E-state index contributed by atoms with van der Waals surface area (Å²) in [4.78, 5) is 6.51. The van der Waals surface area contributed by atoms with E-state index in [9.17, 15) is 0 Å². The van der Waals surface area contributed by atoms with Crippen LogP contribution in [0.3, 0.4) is 0 Å². The average Bonchev–Trinajstić information content (AvgIpc) is 3.12. The molecule has 1 aromatic heterocycles. The summed E-state index contributed by atoms with van der Waals surface area (Å²) < 4.78 is 6.59. The second-order valence-electron chi connectivity index (χ2n) is 7.24. The van der Waals surface area contributed by atoms with Crippen molar-refractivity contribution in [1.29, 1.82) is 0 Å². The molecule has 1 aromatic carbocycles. The summed E-state index contributed by atoms with van der Waals surface area (Å²) in [5.74, 6) is 1.03. The van der Waals surface area contributed by atoms with Crippen LogP contribution in [-0.2, 0) is 0 Å². The maximum Gasteiger partial charge on any atom is 0.200 e. The van der Waals surface area contributed by atoms with Gasteiger partial charge in [-0.2, -0.15) is 5.10 Å². The van der Waals surface area contributed by atoms with Gasteiger partial charge in [-0.3, -0.25) is 4.98 Å². The number of ether oxygens (including phenoxy) is 1.